The molecule has 78 valence electrons. The second-order valence-electron chi connectivity index (χ2n) is 2.97. The van der Waals surface area contributed by atoms with Crippen LogP contribution < -0.4 is 10.6 Å². The van der Waals surface area contributed by atoms with Crippen molar-refractivity contribution in [2.24, 2.45) is 0 Å². The maximum atomic E-state index is 11.0. The Morgan fingerprint density at radius 3 is 2.31 bits per heavy atom. The molecule has 0 bridgehead atoms. The molecule has 0 unspecified atom stereocenters. The van der Waals surface area contributed by atoms with Crippen molar-refractivity contribution in [3.05, 3.63) is 0 Å². The first-order valence-corrected chi connectivity index (χ1v) is 4.93. The number of hydrogen-bond donors (Lipinski definition) is 3. The fraction of sp³-hybridized carbons (Fsp3) is 0.889. The summed E-state index contributed by atoms with van der Waals surface area (Å²) in [6.45, 7) is 3.65. The average molecular weight is 188 g/mol. The molecule has 13 heavy (non-hydrogen) atoms. The van der Waals surface area contributed by atoms with Gasteiger partial charge in [0, 0.05) is 19.7 Å². The molecule has 0 aliphatic carbocycles. The molecule has 0 atom stereocenters. The number of aliphatic hydroxyl groups is 1. The Labute approximate surface area is 79.7 Å². The van der Waals surface area contributed by atoms with Crippen LogP contribution in [0.5, 0.6) is 0 Å². The minimum absolute atomic E-state index is 0.105. The Morgan fingerprint density at radius 2 is 1.77 bits per heavy atom. The highest BCUT2D eigenvalue weighted by molar-refractivity contribution is 5.73. The zero-order valence-corrected chi connectivity index (χ0v) is 8.31. The summed E-state index contributed by atoms with van der Waals surface area (Å²) >= 11 is 0. The lowest BCUT2D eigenvalue weighted by molar-refractivity contribution is 0.239. The summed E-state index contributed by atoms with van der Waals surface area (Å²) in [5, 5.41) is 13.9. The monoisotopic (exact) mass is 188 g/mol. The van der Waals surface area contributed by atoms with Gasteiger partial charge in [-0.05, 0) is 19.3 Å². The van der Waals surface area contributed by atoms with Crippen molar-refractivity contribution in [2.45, 2.75) is 32.6 Å². The van der Waals surface area contributed by atoms with Crippen molar-refractivity contribution in [1.82, 2.24) is 10.6 Å². The second-order valence-corrected chi connectivity index (χ2v) is 2.97. The van der Waals surface area contributed by atoms with Crippen LogP contribution in [0, 0.1) is 0 Å². The predicted molar refractivity (Wildman–Crippen MR) is 52.6 cm³/mol. The lowest BCUT2D eigenvalue weighted by Crippen LogP contribution is -2.36. The molecule has 0 spiro atoms. The third-order valence-corrected chi connectivity index (χ3v) is 1.69. The van der Waals surface area contributed by atoms with Crippen LogP contribution in [0.2, 0.25) is 0 Å². The van der Waals surface area contributed by atoms with E-state index in [1.165, 1.54) is 0 Å². The van der Waals surface area contributed by atoms with Crippen molar-refractivity contribution < 1.29 is 9.90 Å². The normalized spacial score (nSPS) is 9.69. The molecule has 0 radical (unpaired) electrons. The van der Waals surface area contributed by atoms with Crippen LogP contribution in [-0.4, -0.2) is 30.8 Å². The number of amides is 2. The topological polar surface area (TPSA) is 61.4 Å². The van der Waals surface area contributed by atoms with E-state index in [0.29, 0.717) is 6.54 Å². The number of urea groups is 1. The van der Waals surface area contributed by atoms with Gasteiger partial charge < -0.3 is 15.7 Å². The van der Waals surface area contributed by atoms with E-state index >= 15 is 0 Å². The van der Waals surface area contributed by atoms with Crippen molar-refractivity contribution in [3.8, 4) is 0 Å². The van der Waals surface area contributed by atoms with Gasteiger partial charge in [-0.3, -0.25) is 0 Å². The molecule has 4 nitrogen and oxygen atoms in total. The lowest BCUT2D eigenvalue weighted by atomic mass is 10.3. The fourth-order valence-corrected chi connectivity index (χ4v) is 0.880. The zero-order valence-electron chi connectivity index (χ0n) is 8.31. The molecule has 0 rings (SSSR count). The van der Waals surface area contributed by atoms with Crippen LogP contribution in [0.25, 0.3) is 0 Å². The smallest absolute Gasteiger partial charge is 0.314 e. The number of nitrogens with one attached hydrogen (secondary N) is 2. The van der Waals surface area contributed by atoms with E-state index in [1.807, 2.05) is 0 Å². The van der Waals surface area contributed by atoms with E-state index < -0.39 is 0 Å². The first-order chi connectivity index (χ1) is 6.31. The van der Waals surface area contributed by atoms with Gasteiger partial charge in [0.2, 0.25) is 0 Å². The van der Waals surface area contributed by atoms with E-state index in [0.717, 1.165) is 32.2 Å². The van der Waals surface area contributed by atoms with Gasteiger partial charge in [0.05, 0.1) is 0 Å². The maximum absolute atomic E-state index is 11.0. The first-order valence-electron chi connectivity index (χ1n) is 4.93. The van der Waals surface area contributed by atoms with Gasteiger partial charge >= 0.3 is 6.03 Å². The summed E-state index contributed by atoms with van der Waals surface area (Å²) in [5.41, 5.74) is 0. The summed E-state index contributed by atoms with van der Waals surface area (Å²) < 4.78 is 0. The third kappa shape index (κ3) is 9.14. The lowest BCUT2D eigenvalue weighted by Gasteiger charge is -2.05. The van der Waals surface area contributed by atoms with Crippen LogP contribution >= 0.6 is 0 Å². The van der Waals surface area contributed by atoms with Gasteiger partial charge in [0.25, 0.3) is 0 Å². The largest absolute Gasteiger partial charge is 0.396 e. The van der Waals surface area contributed by atoms with Crippen LogP contribution in [0.3, 0.4) is 0 Å². The number of carbonyl (C=O) groups is 1. The summed E-state index contributed by atoms with van der Waals surface area (Å²) in [5.74, 6) is 0. The SMILES string of the molecule is CCCCNC(=O)NCCCCO. The molecule has 0 saturated heterocycles. The average Bonchev–Trinajstić information content (AvgIpc) is 2.13. The van der Waals surface area contributed by atoms with Gasteiger partial charge in [-0.2, -0.15) is 0 Å². The molecule has 0 heterocycles. The first kappa shape index (κ1) is 12.2. The quantitative estimate of drug-likeness (QED) is 0.519. The summed E-state index contributed by atoms with van der Waals surface area (Å²) in [6.07, 6.45) is 3.68. The molecule has 3 N–H and O–H groups in total. The Balaban J connectivity index is 3.11. The molecule has 0 aromatic rings. The molecule has 0 aromatic carbocycles. The Bertz CT molecular complexity index is 129. The molecule has 2 amide bonds. The second kappa shape index (κ2) is 9.32. The summed E-state index contributed by atoms with van der Waals surface area (Å²) in [4.78, 5) is 11.0. The van der Waals surface area contributed by atoms with E-state index in [9.17, 15) is 4.79 Å². The highest BCUT2D eigenvalue weighted by atomic mass is 16.2. The number of carbonyl (C=O) groups excluding carboxylic acids is 1. The molecule has 0 aromatic heterocycles. The van der Waals surface area contributed by atoms with Gasteiger partial charge in [-0.25, -0.2) is 4.79 Å². The minimum atomic E-state index is -0.105. The number of rotatable bonds is 7. The molecule has 0 aliphatic rings. The van der Waals surface area contributed by atoms with E-state index in [2.05, 4.69) is 17.6 Å². The molecular formula is C9H20N2O2. The molecular weight excluding hydrogens is 168 g/mol. The molecule has 4 heteroatoms. The van der Waals surface area contributed by atoms with Crippen molar-refractivity contribution in [2.75, 3.05) is 19.7 Å². The van der Waals surface area contributed by atoms with Gasteiger partial charge in [0.15, 0.2) is 0 Å². The van der Waals surface area contributed by atoms with Crippen molar-refractivity contribution in [3.63, 3.8) is 0 Å². The van der Waals surface area contributed by atoms with Gasteiger partial charge in [-0.15, -0.1) is 0 Å². The Hall–Kier alpha value is -0.770. The number of hydrogen-bond acceptors (Lipinski definition) is 2. The minimum Gasteiger partial charge on any atom is -0.396 e. The zero-order chi connectivity index (χ0) is 9.94. The third-order valence-electron chi connectivity index (χ3n) is 1.69. The Morgan fingerprint density at radius 1 is 1.15 bits per heavy atom. The molecule has 0 saturated carbocycles. The Kier molecular flexibility index (Phi) is 8.77. The maximum Gasteiger partial charge on any atom is 0.314 e. The number of unbranched alkanes of at least 4 members (excludes halogenated alkanes) is 2. The van der Waals surface area contributed by atoms with Gasteiger partial charge in [-0.1, -0.05) is 13.3 Å². The highest BCUT2D eigenvalue weighted by Crippen LogP contribution is 1.84. The van der Waals surface area contributed by atoms with Crippen LogP contribution in [0.1, 0.15) is 32.6 Å². The molecule has 0 fully saturated rings. The summed E-state index contributed by atoms with van der Waals surface area (Å²) in [7, 11) is 0. The van der Waals surface area contributed by atoms with Gasteiger partial charge in [0.1, 0.15) is 0 Å². The van der Waals surface area contributed by atoms with Crippen LogP contribution in [-0.2, 0) is 0 Å². The van der Waals surface area contributed by atoms with E-state index in [4.69, 9.17) is 5.11 Å². The molecule has 0 aliphatic heterocycles. The highest BCUT2D eigenvalue weighted by Gasteiger charge is 1.96. The van der Waals surface area contributed by atoms with Crippen LogP contribution in [0.15, 0.2) is 0 Å². The van der Waals surface area contributed by atoms with Crippen molar-refractivity contribution in [1.29, 1.82) is 0 Å². The number of aliphatic hydroxyl groups excluding tert-OH is 1. The predicted octanol–water partition coefficient (Wildman–Crippen LogP) is 0.858. The van der Waals surface area contributed by atoms with E-state index in [-0.39, 0.29) is 12.6 Å². The fourth-order valence-electron chi connectivity index (χ4n) is 0.880. The summed E-state index contributed by atoms with van der Waals surface area (Å²) in [6, 6.07) is -0.105. The van der Waals surface area contributed by atoms with E-state index in [1.54, 1.807) is 0 Å². The standard InChI is InChI=1S/C9H20N2O2/c1-2-3-6-10-9(13)11-7-4-5-8-12/h12H,2-8H2,1H3,(H2,10,11,13). The van der Waals surface area contributed by atoms with Crippen molar-refractivity contribution >= 4 is 6.03 Å². The van der Waals surface area contributed by atoms with Crippen LogP contribution in [0.4, 0.5) is 4.79 Å².